The molecule has 2 N–H and O–H groups in total. The second-order valence-corrected chi connectivity index (χ2v) is 10.1. The predicted molar refractivity (Wildman–Crippen MR) is 132 cm³/mol. The Hall–Kier alpha value is -3.22. The quantitative estimate of drug-likeness (QED) is 0.619. The summed E-state index contributed by atoms with van der Waals surface area (Å²) in [5, 5.41) is 5.70. The Morgan fingerprint density at radius 3 is 2.77 bits per heavy atom. The summed E-state index contributed by atoms with van der Waals surface area (Å²) in [5.74, 6) is 0.736. The number of hydrogen-bond donors (Lipinski definition) is 2. The molecule has 6 nitrogen and oxygen atoms in total. The van der Waals surface area contributed by atoms with Gasteiger partial charge in [-0.1, -0.05) is 24.3 Å². The molecule has 3 fully saturated rings. The predicted octanol–water partition coefficient (Wildman–Crippen LogP) is 4.81. The first-order chi connectivity index (χ1) is 16.9. The van der Waals surface area contributed by atoms with Gasteiger partial charge in [0.2, 0.25) is 0 Å². The number of allylic oxidation sites excluding steroid dienone is 1. The Labute approximate surface area is 205 Å². The third-order valence-corrected chi connectivity index (χ3v) is 8.14. The number of carbonyl (C=O) groups excluding carboxylic acids is 2. The van der Waals surface area contributed by atoms with Crippen molar-refractivity contribution in [3.63, 3.8) is 0 Å². The van der Waals surface area contributed by atoms with E-state index in [-0.39, 0.29) is 47.7 Å². The number of fused-ring (bicyclic) bond motifs is 2. The zero-order chi connectivity index (χ0) is 24.5. The molecule has 1 aliphatic heterocycles. The Morgan fingerprint density at radius 1 is 1.17 bits per heavy atom. The average Bonchev–Trinajstić information content (AvgIpc) is 3.14. The number of benzene rings is 1. The van der Waals surface area contributed by atoms with Gasteiger partial charge in [-0.3, -0.25) is 9.78 Å². The molecular formula is C28H32FN3O3. The van der Waals surface area contributed by atoms with Crippen LogP contribution < -0.4 is 10.6 Å². The van der Waals surface area contributed by atoms with Gasteiger partial charge in [-0.05, 0) is 80.2 Å². The molecule has 2 amide bonds. The fourth-order valence-electron chi connectivity index (χ4n) is 6.56. The number of cyclic esters (lactones) is 1. The molecule has 0 spiro atoms. The summed E-state index contributed by atoms with van der Waals surface area (Å²) < 4.78 is 19.3. The zero-order valence-corrected chi connectivity index (χ0v) is 20.1. The van der Waals surface area contributed by atoms with Crippen molar-refractivity contribution in [3.05, 3.63) is 60.2 Å². The van der Waals surface area contributed by atoms with E-state index in [4.69, 9.17) is 4.74 Å². The van der Waals surface area contributed by atoms with Gasteiger partial charge < -0.3 is 15.4 Å². The number of aromatic nitrogens is 1. The third kappa shape index (κ3) is 4.81. The lowest BCUT2D eigenvalue weighted by atomic mass is 9.57. The van der Waals surface area contributed by atoms with E-state index in [0.29, 0.717) is 11.8 Å². The first-order valence-corrected chi connectivity index (χ1v) is 12.5. The van der Waals surface area contributed by atoms with E-state index in [9.17, 15) is 14.0 Å². The van der Waals surface area contributed by atoms with Gasteiger partial charge in [-0.2, -0.15) is 0 Å². The molecule has 35 heavy (non-hydrogen) atoms. The number of nitrogens with one attached hydrogen (secondary N) is 2. The van der Waals surface area contributed by atoms with Crippen molar-refractivity contribution in [2.75, 3.05) is 7.05 Å². The van der Waals surface area contributed by atoms with Crippen LogP contribution in [-0.2, 0) is 9.53 Å². The summed E-state index contributed by atoms with van der Waals surface area (Å²) in [4.78, 5) is 29.1. The maximum atomic E-state index is 13.6. The summed E-state index contributed by atoms with van der Waals surface area (Å²) in [5.41, 5.74) is 2.49. The number of esters is 1. The summed E-state index contributed by atoms with van der Waals surface area (Å²) in [6.45, 7) is 2.01. The first kappa shape index (κ1) is 23.5. The van der Waals surface area contributed by atoms with Crippen LogP contribution in [0.15, 0.2) is 48.7 Å². The summed E-state index contributed by atoms with van der Waals surface area (Å²) >= 11 is 0. The Balaban J connectivity index is 1.36. The summed E-state index contributed by atoms with van der Waals surface area (Å²) in [6, 6.07) is 10.4. The van der Waals surface area contributed by atoms with Crippen LogP contribution in [0.25, 0.3) is 17.2 Å². The highest BCUT2D eigenvalue weighted by Gasteiger charge is 2.54. The second kappa shape index (κ2) is 9.80. The fourth-order valence-corrected chi connectivity index (χ4v) is 6.56. The highest BCUT2D eigenvalue weighted by Crippen LogP contribution is 2.53. The summed E-state index contributed by atoms with van der Waals surface area (Å²) in [6.07, 6.45) is 9.58. The van der Waals surface area contributed by atoms with Crippen molar-refractivity contribution in [3.8, 4) is 11.1 Å². The third-order valence-electron chi connectivity index (χ3n) is 8.14. The molecular weight excluding hydrogens is 445 g/mol. The zero-order valence-electron chi connectivity index (χ0n) is 20.1. The highest BCUT2D eigenvalue weighted by atomic mass is 19.1. The van der Waals surface area contributed by atoms with Gasteiger partial charge in [-0.25, -0.2) is 9.18 Å². The largest absolute Gasteiger partial charge is 0.462 e. The lowest BCUT2D eigenvalue weighted by Gasteiger charge is -2.47. The fraction of sp³-hybridized carbons (Fsp3) is 0.464. The Kier molecular flexibility index (Phi) is 6.58. The minimum absolute atomic E-state index is 0.0849. The molecule has 7 heteroatoms. The number of nitrogens with zero attached hydrogens (tertiary/aromatic N) is 1. The highest BCUT2D eigenvalue weighted by molar-refractivity contribution is 5.76. The average molecular weight is 478 g/mol. The minimum atomic E-state index is -0.268. The van der Waals surface area contributed by atoms with Gasteiger partial charge in [-0.15, -0.1) is 0 Å². The van der Waals surface area contributed by atoms with E-state index in [1.54, 1.807) is 19.3 Å². The van der Waals surface area contributed by atoms with Crippen molar-refractivity contribution < 1.29 is 18.7 Å². The van der Waals surface area contributed by atoms with Crippen LogP contribution in [0.5, 0.6) is 0 Å². The van der Waals surface area contributed by atoms with Crippen LogP contribution in [0, 0.1) is 35.4 Å². The molecule has 0 radical (unpaired) electrons. The topological polar surface area (TPSA) is 80.3 Å². The SMILES string of the molecule is CNC(=O)N[C@@H]1CC[C@@H]2[C@@H](C1)C[C@H]1C(=O)O[C@H](C)[C@H]1[C@H]2C=Cc1ccc(-c2cccc(F)c2)cn1. The van der Waals surface area contributed by atoms with Crippen molar-refractivity contribution in [1.82, 2.24) is 15.6 Å². The van der Waals surface area contributed by atoms with Crippen molar-refractivity contribution in [2.45, 2.75) is 44.8 Å². The number of halogens is 1. The molecule has 2 heterocycles. The lowest BCUT2D eigenvalue weighted by Crippen LogP contribution is -2.49. The van der Waals surface area contributed by atoms with E-state index in [1.807, 2.05) is 31.2 Å². The first-order valence-electron chi connectivity index (χ1n) is 12.5. The second-order valence-electron chi connectivity index (χ2n) is 10.1. The van der Waals surface area contributed by atoms with Gasteiger partial charge in [0, 0.05) is 30.8 Å². The number of urea groups is 1. The Morgan fingerprint density at radius 2 is 2.03 bits per heavy atom. The van der Waals surface area contributed by atoms with E-state index in [0.717, 1.165) is 42.5 Å². The smallest absolute Gasteiger partial charge is 0.314 e. The van der Waals surface area contributed by atoms with Crippen LogP contribution >= 0.6 is 0 Å². The van der Waals surface area contributed by atoms with Gasteiger partial charge in [0.25, 0.3) is 0 Å². The molecule has 2 aliphatic carbocycles. The minimum Gasteiger partial charge on any atom is -0.462 e. The number of rotatable bonds is 4. The number of pyridine rings is 1. The van der Waals surface area contributed by atoms with Gasteiger partial charge in [0.15, 0.2) is 0 Å². The van der Waals surface area contributed by atoms with E-state index in [2.05, 4.69) is 21.7 Å². The van der Waals surface area contributed by atoms with Crippen LogP contribution in [0.4, 0.5) is 9.18 Å². The van der Waals surface area contributed by atoms with Gasteiger partial charge >= 0.3 is 12.0 Å². The molecule has 3 aliphatic rings. The molecule has 1 saturated heterocycles. The summed E-state index contributed by atoms with van der Waals surface area (Å²) in [7, 11) is 1.63. The monoisotopic (exact) mass is 477 g/mol. The van der Waals surface area contributed by atoms with Crippen LogP contribution in [-0.4, -0.2) is 36.2 Å². The molecule has 2 saturated carbocycles. The van der Waals surface area contributed by atoms with Crippen LogP contribution in [0.3, 0.4) is 0 Å². The molecule has 0 bridgehead atoms. The standard InChI is InChI=1S/C28H32FN3O3/c1-16-26-24(11-8-21-7-6-18(15-31-21)17-4-3-5-20(29)12-17)23-10-9-22(32-28(34)30-2)13-19(23)14-25(26)27(33)35-16/h3-8,11-12,15-16,19,22-26H,9-10,13-14H2,1-2H3,(H2,30,32,34)/t16-,19+,22-,23-,24+,25-,26+/m1/s1. The van der Waals surface area contributed by atoms with Gasteiger partial charge in [0.05, 0.1) is 11.6 Å². The molecule has 2 aromatic rings. The number of carbonyl (C=O) groups is 2. The number of amides is 2. The molecule has 184 valence electrons. The number of hydrogen-bond acceptors (Lipinski definition) is 4. The van der Waals surface area contributed by atoms with Crippen molar-refractivity contribution >= 4 is 18.1 Å². The Bertz CT molecular complexity index is 1120. The maximum absolute atomic E-state index is 13.6. The van der Waals surface area contributed by atoms with E-state index < -0.39 is 0 Å². The molecule has 1 aromatic heterocycles. The van der Waals surface area contributed by atoms with Crippen LogP contribution in [0.1, 0.15) is 38.3 Å². The maximum Gasteiger partial charge on any atom is 0.314 e. The van der Waals surface area contributed by atoms with Gasteiger partial charge in [0.1, 0.15) is 11.9 Å². The normalized spacial score (nSPS) is 32.0. The number of ether oxygens (including phenoxy) is 1. The molecule has 7 atom stereocenters. The van der Waals surface area contributed by atoms with E-state index >= 15 is 0 Å². The van der Waals surface area contributed by atoms with Crippen molar-refractivity contribution in [2.24, 2.45) is 29.6 Å². The van der Waals surface area contributed by atoms with Crippen LogP contribution in [0.2, 0.25) is 0 Å². The lowest BCUT2D eigenvalue weighted by molar-refractivity contribution is -0.144. The molecule has 1 aromatic carbocycles. The van der Waals surface area contributed by atoms with Crippen molar-refractivity contribution in [1.29, 1.82) is 0 Å². The molecule has 0 unspecified atom stereocenters. The molecule has 5 rings (SSSR count). The van der Waals surface area contributed by atoms with E-state index in [1.165, 1.54) is 12.1 Å².